The highest BCUT2D eigenvalue weighted by molar-refractivity contribution is 7.12. The predicted molar refractivity (Wildman–Crippen MR) is 46.5 cm³/mol. The average molecular weight is 167 g/mol. The highest BCUT2D eigenvalue weighted by Gasteiger charge is 2.15. The third-order valence-electron chi connectivity index (χ3n) is 1.94. The SMILES string of the molecule is O=Cc1cc(N2CCC2)cs1. The molecule has 0 N–H and O–H groups in total. The van der Waals surface area contributed by atoms with Crippen molar-refractivity contribution in [1.29, 1.82) is 0 Å². The molecule has 11 heavy (non-hydrogen) atoms. The van der Waals surface area contributed by atoms with E-state index in [1.54, 1.807) is 0 Å². The van der Waals surface area contributed by atoms with Gasteiger partial charge in [-0.15, -0.1) is 11.3 Å². The predicted octanol–water partition coefficient (Wildman–Crippen LogP) is 1.77. The van der Waals surface area contributed by atoms with Crippen molar-refractivity contribution in [3.8, 4) is 0 Å². The lowest BCUT2D eigenvalue weighted by molar-refractivity contribution is 0.112. The van der Waals surface area contributed by atoms with Gasteiger partial charge in [0.2, 0.25) is 0 Å². The van der Waals surface area contributed by atoms with Crippen LogP contribution in [0.15, 0.2) is 11.4 Å². The van der Waals surface area contributed by atoms with Crippen molar-refractivity contribution in [1.82, 2.24) is 0 Å². The van der Waals surface area contributed by atoms with Gasteiger partial charge < -0.3 is 4.90 Å². The van der Waals surface area contributed by atoms with Crippen LogP contribution in [-0.4, -0.2) is 19.4 Å². The van der Waals surface area contributed by atoms with E-state index in [-0.39, 0.29) is 0 Å². The molecule has 2 heterocycles. The van der Waals surface area contributed by atoms with Gasteiger partial charge in [0.1, 0.15) is 0 Å². The Morgan fingerprint density at radius 1 is 1.55 bits per heavy atom. The molecule has 2 rings (SSSR count). The van der Waals surface area contributed by atoms with Crippen LogP contribution in [0.4, 0.5) is 5.69 Å². The summed E-state index contributed by atoms with van der Waals surface area (Å²) < 4.78 is 0. The molecule has 0 amide bonds. The van der Waals surface area contributed by atoms with Crippen molar-refractivity contribution in [2.45, 2.75) is 6.42 Å². The Kier molecular flexibility index (Phi) is 1.66. The lowest BCUT2D eigenvalue weighted by atomic mass is 10.2. The van der Waals surface area contributed by atoms with Gasteiger partial charge in [-0.05, 0) is 12.5 Å². The highest BCUT2D eigenvalue weighted by atomic mass is 32.1. The van der Waals surface area contributed by atoms with Crippen LogP contribution < -0.4 is 4.90 Å². The largest absolute Gasteiger partial charge is 0.371 e. The smallest absolute Gasteiger partial charge is 0.160 e. The number of carbonyl (C=O) groups excluding carboxylic acids is 1. The van der Waals surface area contributed by atoms with Gasteiger partial charge in [0.15, 0.2) is 6.29 Å². The quantitative estimate of drug-likeness (QED) is 0.626. The summed E-state index contributed by atoms with van der Waals surface area (Å²) in [5.74, 6) is 0. The van der Waals surface area contributed by atoms with Gasteiger partial charge in [-0.25, -0.2) is 0 Å². The van der Waals surface area contributed by atoms with Gasteiger partial charge in [-0.2, -0.15) is 0 Å². The molecular weight excluding hydrogens is 158 g/mol. The van der Waals surface area contributed by atoms with Crippen LogP contribution >= 0.6 is 11.3 Å². The van der Waals surface area contributed by atoms with Crippen LogP contribution in [0.1, 0.15) is 16.1 Å². The number of anilines is 1. The Balaban J connectivity index is 2.17. The third kappa shape index (κ3) is 1.16. The molecular formula is C8H9NOS. The van der Waals surface area contributed by atoms with Gasteiger partial charge in [0.25, 0.3) is 0 Å². The van der Waals surface area contributed by atoms with E-state index in [1.165, 1.54) is 23.4 Å². The van der Waals surface area contributed by atoms with Crippen molar-refractivity contribution in [2.24, 2.45) is 0 Å². The fourth-order valence-corrected chi connectivity index (χ4v) is 1.86. The molecule has 0 saturated carbocycles. The van der Waals surface area contributed by atoms with Crippen LogP contribution in [0, 0.1) is 0 Å². The number of thiophene rings is 1. The molecule has 1 aromatic rings. The topological polar surface area (TPSA) is 20.3 Å². The molecule has 1 aliphatic rings. The summed E-state index contributed by atoms with van der Waals surface area (Å²) in [6, 6.07) is 1.96. The van der Waals surface area contributed by atoms with Crippen molar-refractivity contribution >= 4 is 23.3 Å². The Morgan fingerprint density at radius 3 is 2.82 bits per heavy atom. The number of hydrogen-bond donors (Lipinski definition) is 0. The maximum atomic E-state index is 10.3. The molecule has 1 aliphatic heterocycles. The van der Waals surface area contributed by atoms with Crippen molar-refractivity contribution in [3.05, 3.63) is 16.3 Å². The minimum atomic E-state index is 0.826. The van der Waals surface area contributed by atoms with Crippen LogP contribution in [0.5, 0.6) is 0 Å². The molecule has 0 aliphatic carbocycles. The zero-order valence-corrected chi connectivity index (χ0v) is 6.93. The molecule has 0 atom stereocenters. The Morgan fingerprint density at radius 2 is 2.36 bits per heavy atom. The molecule has 0 unspecified atom stereocenters. The van der Waals surface area contributed by atoms with Crippen LogP contribution in [0.25, 0.3) is 0 Å². The molecule has 1 saturated heterocycles. The lowest BCUT2D eigenvalue weighted by Gasteiger charge is -2.31. The van der Waals surface area contributed by atoms with Crippen LogP contribution in [0.3, 0.4) is 0 Å². The van der Waals surface area contributed by atoms with Gasteiger partial charge in [0.05, 0.1) is 4.88 Å². The van der Waals surface area contributed by atoms with Gasteiger partial charge in [0, 0.05) is 24.2 Å². The summed E-state index contributed by atoms with van der Waals surface area (Å²) >= 11 is 1.52. The van der Waals surface area contributed by atoms with Crippen LogP contribution in [-0.2, 0) is 0 Å². The fourth-order valence-electron chi connectivity index (χ4n) is 1.14. The van der Waals surface area contributed by atoms with Crippen LogP contribution in [0.2, 0.25) is 0 Å². The van der Waals surface area contributed by atoms with Gasteiger partial charge in [-0.3, -0.25) is 4.79 Å². The van der Waals surface area contributed by atoms with E-state index in [2.05, 4.69) is 4.90 Å². The summed E-state index contributed by atoms with van der Waals surface area (Å²) in [6.07, 6.45) is 2.19. The van der Waals surface area contributed by atoms with Crippen molar-refractivity contribution in [3.63, 3.8) is 0 Å². The summed E-state index contributed by atoms with van der Waals surface area (Å²) in [6.45, 7) is 2.30. The van der Waals surface area contributed by atoms with E-state index in [9.17, 15) is 4.79 Å². The Labute approximate surface area is 69.4 Å². The average Bonchev–Trinajstić information content (AvgIpc) is 2.32. The zero-order valence-electron chi connectivity index (χ0n) is 6.12. The first-order valence-electron chi connectivity index (χ1n) is 3.69. The maximum Gasteiger partial charge on any atom is 0.160 e. The summed E-state index contributed by atoms with van der Waals surface area (Å²) in [5.41, 5.74) is 1.21. The fraction of sp³-hybridized carbons (Fsp3) is 0.375. The van der Waals surface area contributed by atoms with E-state index in [0.717, 1.165) is 24.3 Å². The Bertz CT molecular complexity index is 265. The normalized spacial score (nSPS) is 16.2. The van der Waals surface area contributed by atoms with Gasteiger partial charge >= 0.3 is 0 Å². The second-order valence-corrected chi connectivity index (χ2v) is 3.61. The molecule has 1 fully saturated rings. The molecule has 0 bridgehead atoms. The standard InChI is InChI=1S/C8H9NOS/c10-5-8-4-7(6-11-8)9-2-1-3-9/h4-6H,1-3H2. The molecule has 1 aromatic heterocycles. The lowest BCUT2D eigenvalue weighted by Crippen LogP contribution is -2.36. The zero-order chi connectivity index (χ0) is 7.68. The Hall–Kier alpha value is -0.830. The first kappa shape index (κ1) is 6.85. The van der Waals surface area contributed by atoms with Crippen molar-refractivity contribution < 1.29 is 4.79 Å². The molecule has 0 aromatic carbocycles. The highest BCUT2D eigenvalue weighted by Crippen LogP contribution is 2.25. The first-order valence-corrected chi connectivity index (χ1v) is 4.57. The van der Waals surface area contributed by atoms with E-state index < -0.39 is 0 Å². The monoisotopic (exact) mass is 167 g/mol. The second-order valence-electron chi connectivity index (χ2n) is 2.67. The van der Waals surface area contributed by atoms with Gasteiger partial charge in [-0.1, -0.05) is 0 Å². The van der Waals surface area contributed by atoms with E-state index in [0.29, 0.717) is 0 Å². The minimum Gasteiger partial charge on any atom is -0.371 e. The summed E-state index contributed by atoms with van der Waals surface area (Å²) in [5, 5.41) is 2.04. The molecule has 2 nitrogen and oxygen atoms in total. The molecule has 0 radical (unpaired) electrons. The minimum absolute atomic E-state index is 0.826. The van der Waals surface area contributed by atoms with Crippen molar-refractivity contribution in [2.75, 3.05) is 18.0 Å². The number of hydrogen-bond acceptors (Lipinski definition) is 3. The van der Waals surface area contributed by atoms with E-state index in [1.807, 2.05) is 11.4 Å². The molecule has 58 valence electrons. The molecule has 3 heteroatoms. The third-order valence-corrected chi connectivity index (χ3v) is 2.79. The number of nitrogens with zero attached hydrogens (tertiary/aromatic N) is 1. The summed E-state index contributed by atoms with van der Waals surface area (Å²) in [4.78, 5) is 13.4. The maximum absolute atomic E-state index is 10.3. The number of rotatable bonds is 2. The summed E-state index contributed by atoms with van der Waals surface area (Å²) in [7, 11) is 0. The first-order chi connectivity index (χ1) is 5.40. The van der Waals surface area contributed by atoms with E-state index >= 15 is 0 Å². The van der Waals surface area contributed by atoms with E-state index in [4.69, 9.17) is 0 Å². The number of carbonyl (C=O) groups is 1. The second kappa shape index (κ2) is 2.66. The molecule has 0 spiro atoms. The number of aldehydes is 1.